The Balaban J connectivity index is 2.28. The van der Waals surface area contributed by atoms with Gasteiger partial charge in [-0.25, -0.2) is 0 Å². The minimum Gasteiger partial charge on any atom is -0.494 e. The average molecular weight is 392 g/mol. The van der Waals surface area contributed by atoms with E-state index >= 15 is 0 Å². The Morgan fingerprint density at radius 1 is 1.28 bits per heavy atom. The SMILES string of the molecule is CCOc1ccc(C(O)c2ccc(Br)s2)c(Br)c1. The van der Waals surface area contributed by atoms with Crippen molar-refractivity contribution in [2.24, 2.45) is 0 Å². The van der Waals surface area contributed by atoms with Crippen LogP contribution in [0.25, 0.3) is 0 Å². The van der Waals surface area contributed by atoms with E-state index in [0.29, 0.717) is 6.61 Å². The molecule has 0 saturated heterocycles. The summed E-state index contributed by atoms with van der Waals surface area (Å²) in [6.07, 6.45) is -0.619. The second kappa shape index (κ2) is 6.19. The largest absolute Gasteiger partial charge is 0.494 e. The molecule has 2 rings (SSSR count). The van der Waals surface area contributed by atoms with E-state index in [1.54, 1.807) is 0 Å². The van der Waals surface area contributed by atoms with Crippen LogP contribution in [-0.4, -0.2) is 11.7 Å². The van der Waals surface area contributed by atoms with Crippen LogP contribution in [0, 0.1) is 0 Å². The third-order valence-corrected chi connectivity index (χ3v) is 4.80. The smallest absolute Gasteiger partial charge is 0.120 e. The van der Waals surface area contributed by atoms with Gasteiger partial charge in [-0.1, -0.05) is 22.0 Å². The highest BCUT2D eigenvalue weighted by molar-refractivity contribution is 9.11. The summed E-state index contributed by atoms with van der Waals surface area (Å²) in [6, 6.07) is 9.49. The Bertz CT molecular complexity index is 540. The average Bonchev–Trinajstić information content (AvgIpc) is 2.76. The molecular weight excluding hydrogens is 380 g/mol. The Morgan fingerprint density at radius 2 is 2.06 bits per heavy atom. The quantitative estimate of drug-likeness (QED) is 0.814. The summed E-state index contributed by atoms with van der Waals surface area (Å²) in [5.74, 6) is 0.799. The van der Waals surface area contributed by atoms with Crippen molar-refractivity contribution < 1.29 is 9.84 Å². The number of rotatable bonds is 4. The van der Waals surface area contributed by atoms with Crippen molar-refractivity contribution >= 4 is 43.2 Å². The van der Waals surface area contributed by atoms with Crippen LogP contribution in [0.2, 0.25) is 0 Å². The van der Waals surface area contributed by atoms with Gasteiger partial charge in [0.25, 0.3) is 0 Å². The number of benzene rings is 1. The molecule has 0 fully saturated rings. The molecule has 2 nitrogen and oxygen atoms in total. The van der Waals surface area contributed by atoms with Crippen LogP contribution in [0.4, 0.5) is 0 Å². The van der Waals surface area contributed by atoms with Crippen LogP contribution in [0.1, 0.15) is 23.5 Å². The van der Waals surface area contributed by atoms with Crippen LogP contribution >= 0.6 is 43.2 Å². The lowest BCUT2D eigenvalue weighted by atomic mass is 10.1. The van der Waals surface area contributed by atoms with Crippen molar-refractivity contribution in [1.82, 2.24) is 0 Å². The van der Waals surface area contributed by atoms with Crippen molar-refractivity contribution in [3.8, 4) is 5.75 Å². The molecule has 0 saturated carbocycles. The van der Waals surface area contributed by atoms with Gasteiger partial charge < -0.3 is 9.84 Å². The molecule has 1 unspecified atom stereocenters. The molecule has 1 heterocycles. The van der Waals surface area contributed by atoms with Gasteiger partial charge in [-0.2, -0.15) is 0 Å². The molecule has 0 aliphatic heterocycles. The zero-order valence-corrected chi connectivity index (χ0v) is 13.7. The number of hydrogen-bond donors (Lipinski definition) is 1. The van der Waals surface area contributed by atoms with Crippen LogP contribution in [0.3, 0.4) is 0 Å². The normalized spacial score (nSPS) is 12.4. The molecule has 2 aromatic rings. The van der Waals surface area contributed by atoms with Crippen LogP contribution in [-0.2, 0) is 0 Å². The molecule has 0 aliphatic rings. The van der Waals surface area contributed by atoms with Gasteiger partial charge >= 0.3 is 0 Å². The summed E-state index contributed by atoms with van der Waals surface area (Å²) in [7, 11) is 0. The van der Waals surface area contributed by atoms with E-state index in [-0.39, 0.29) is 0 Å². The van der Waals surface area contributed by atoms with Gasteiger partial charge in [0.2, 0.25) is 0 Å². The lowest BCUT2D eigenvalue weighted by Crippen LogP contribution is -1.99. The third-order valence-electron chi connectivity index (χ3n) is 2.44. The number of halogens is 2. The molecule has 1 atom stereocenters. The zero-order valence-electron chi connectivity index (χ0n) is 9.69. The first kappa shape index (κ1) is 14.1. The predicted molar refractivity (Wildman–Crippen MR) is 81.4 cm³/mol. The first-order valence-electron chi connectivity index (χ1n) is 5.47. The lowest BCUT2D eigenvalue weighted by molar-refractivity contribution is 0.223. The van der Waals surface area contributed by atoms with E-state index in [4.69, 9.17) is 4.74 Å². The maximum absolute atomic E-state index is 10.3. The highest BCUT2D eigenvalue weighted by Gasteiger charge is 2.16. The topological polar surface area (TPSA) is 29.5 Å². The van der Waals surface area contributed by atoms with E-state index in [0.717, 1.165) is 24.4 Å². The number of ether oxygens (including phenoxy) is 1. The molecule has 1 aromatic heterocycles. The Labute approximate surface area is 127 Å². The van der Waals surface area contributed by atoms with Gasteiger partial charge in [-0.15, -0.1) is 11.3 Å². The summed E-state index contributed by atoms with van der Waals surface area (Å²) in [4.78, 5) is 0.909. The summed E-state index contributed by atoms with van der Waals surface area (Å²) >= 11 is 8.40. The second-order valence-corrected chi connectivity index (χ2v) is 7.01. The van der Waals surface area contributed by atoms with Crippen molar-refractivity contribution in [3.63, 3.8) is 0 Å². The first-order valence-corrected chi connectivity index (χ1v) is 7.87. The number of aliphatic hydroxyl groups is 1. The van der Waals surface area contributed by atoms with Crippen molar-refractivity contribution in [3.05, 3.63) is 49.0 Å². The molecule has 18 heavy (non-hydrogen) atoms. The molecule has 1 aromatic carbocycles. The number of hydrogen-bond acceptors (Lipinski definition) is 3. The highest BCUT2D eigenvalue weighted by atomic mass is 79.9. The number of thiophene rings is 1. The summed E-state index contributed by atoms with van der Waals surface area (Å²) in [6.45, 7) is 2.58. The molecule has 0 radical (unpaired) electrons. The molecular formula is C13H12Br2O2S. The van der Waals surface area contributed by atoms with Crippen molar-refractivity contribution in [2.45, 2.75) is 13.0 Å². The minimum absolute atomic E-state index is 0.619. The number of aliphatic hydroxyl groups excluding tert-OH is 1. The van der Waals surface area contributed by atoms with Crippen LogP contribution in [0.5, 0.6) is 5.75 Å². The van der Waals surface area contributed by atoms with E-state index in [1.807, 2.05) is 37.3 Å². The molecule has 96 valence electrons. The van der Waals surface area contributed by atoms with Gasteiger partial charge in [-0.3, -0.25) is 0 Å². The molecule has 0 amide bonds. The minimum atomic E-state index is -0.619. The Hall–Kier alpha value is -0.360. The maximum atomic E-state index is 10.3. The molecule has 1 N–H and O–H groups in total. The fraction of sp³-hybridized carbons (Fsp3) is 0.231. The maximum Gasteiger partial charge on any atom is 0.120 e. The van der Waals surface area contributed by atoms with Gasteiger partial charge in [-0.05, 0) is 47.1 Å². The first-order chi connectivity index (χ1) is 8.61. The van der Waals surface area contributed by atoms with E-state index in [1.165, 1.54) is 11.3 Å². The highest BCUT2D eigenvalue weighted by Crippen LogP contribution is 2.35. The van der Waals surface area contributed by atoms with Gasteiger partial charge in [0.1, 0.15) is 11.9 Å². The van der Waals surface area contributed by atoms with Gasteiger partial charge in [0.15, 0.2) is 0 Å². The fourth-order valence-corrected chi connectivity index (χ4v) is 3.62. The standard InChI is InChI=1S/C13H12Br2O2S/c1-2-17-8-3-4-9(10(14)7-8)13(16)11-5-6-12(15)18-11/h3-7,13,16H,2H2,1H3. The molecule has 0 bridgehead atoms. The molecule has 0 spiro atoms. The van der Waals surface area contributed by atoms with Gasteiger partial charge in [0, 0.05) is 14.9 Å². The summed E-state index contributed by atoms with van der Waals surface area (Å²) in [5, 5.41) is 10.3. The van der Waals surface area contributed by atoms with E-state index in [2.05, 4.69) is 31.9 Å². The zero-order chi connectivity index (χ0) is 13.1. The van der Waals surface area contributed by atoms with Crippen LogP contribution in [0.15, 0.2) is 38.6 Å². The Kier molecular flexibility index (Phi) is 4.84. The third kappa shape index (κ3) is 3.15. The second-order valence-electron chi connectivity index (χ2n) is 3.66. The lowest BCUT2D eigenvalue weighted by Gasteiger charge is -2.12. The van der Waals surface area contributed by atoms with Crippen molar-refractivity contribution in [1.29, 1.82) is 0 Å². The van der Waals surface area contributed by atoms with Crippen molar-refractivity contribution in [2.75, 3.05) is 6.61 Å². The van der Waals surface area contributed by atoms with Crippen LogP contribution < -0.4 is 4.74 Å². The summed E-state index contributed by atoms with van der Waals surface area (Å²) in [5.41, 5.74) is 0.841. The summed E-state index contributed by atoms with van der Waals surface area (Å²) < 4.78 is 7.28. The predicted octanol–water partition coefficient (Wildman–Crippen LogP) is 4.75. The molecule has 0 aliphatic carbocycles. The van der Waals surface area contributed by atoms with E-state index in [9.17, 15) is 5.11 Å². The van der Waals surface area contributed by atoms with Gasteiger partial charge in [0.05, 0.1) is 10.4 Å². The van der Waals surface area contributed by atoms with E-state index < -0.39 is 6.10 Å². The Morgan fingerprint density at radius 3 is 2.61 bits per heavy atom. The fourth-order valence-electron chi connectivity index (χ4n) is 1.61. The molecule has 5 heteroatoms. The monoisotopic (exact) mass is 390 g/mol.